The lowest BCUT2D eigenvalue weighted by atomic mass is 9.87. The molecule has 0 aliphatic carbocycles. The third-order valence-electron chi connectivity index (χ3n) is 2.76. The van der Waals surface area contributed by atoms with Gasteiger partial charge in [-0.05, 0) is 11.6 Å². The van der Waals surface area contributed by atoms with Crippen LogP contribution in [-0.4, -0.2) is 18.5 Å². The van der Waals surface area contributed by atoms with Crippen molar-refractivity contribution >= 4 is 21.8 Å². The molecule has 3 N–H and O–H groups in total. The van der Waals surface area contributed by atoms with E-state index in [1.165, 1.54) is 5.56 Å². The van der Waals surface area contributed by atoms with Gasteiger partial charge in [-0.25, -0.2) is 0 Å². The number of halogens is 1. The molecule has 1 aromatic carbocycles. The van der Waals surface area contributed by atoms with E-state index in [9.17, 15) is 4.79 Å². The Morgan fingerprint density at radius 1 is 1.40 bits per heavy atom. The van der Waals surface area contributed by atoms with E-state index < -0.39 is 0 Å². The zero-order valence-corrected chi connectivity index (χ0v) is 9.83. The first-order valence-corrected chi connectivity index (χ1v) is 5.74. The molecule has 1 amide bonds. The second-order valence-corrected chi connectivity index (χ2v) is 4.65. The molecule has 15 heavy (non-hydrogen) atoms. The lowest BCUT2D eigenvalue weighted by molar-refractivity contribution is -0.122. The summed E-state index contributed by atoms with van der Waals surface area (Å²) < 4.78 is 1.06. The standard InChI is InChI=1S/C11H13BrN2O/c12-9-4-2-1-3-7(9)8-6-14-11(15)5-10(8)13/h1-4,8,10H,5-6,13H2,(H,14,15). The fourth-order valence-electron chi connectivity index (χ4n) is 1.92. The Labute approximate surface area is 97.2 Å². The van der Waals surface area contributed by atoms with Crippen molar-refractivity contribution in [3.63, 3.8) is 0 Å². The highest BCUT2D eigenvalue weighted by atomic mass is 79.9. The molecule has 1 saturated heterocycles. The number of hydrogen-bond acceptors (Lipinski definition) is 2. The van der Waals surface area contributed by atoms with Gasteiger partial charge in [0.15, 0.2) is 0 Å². The van der Waals surface area contributed by atoms with Crippen molar-refractivity contribution < 1.29 is 4.79 Å². The predicted molar refractivity (Wildman–Crippen MR) is 62.5 cm³/mol. The first-order chi connectivity index (χ1) is 7.18. The first-order valence-electron chi connectivity index (χ1n) is 4.95. The minimum absolute atomic E-state index is 0.0470. The molecule has 1 heterocycles. The normalized spacial score (nSPS) is 26.1. The third kappa shape index (κ3) is 2.21. The Morgan fingerprint density at radius 2 is 2.13 bits per heavy atom. The molecule has 80 valence electrons. The predicted octanol–water partition coefficient (Wildman–Crippen LogP) is 1.38. The fourth-order valence-corrected chi connectivity index (χ4v) is 2.50. The summed E-state index contributed by atoms with van der Waals surface area (Å²) in [6.07, 6.45) is 0.409. The summed E-state index contributed by atoms with van der Waals surface area (Å²) in [5.74, 6) is 0.254. The molecule has 2 rings (SSSR count). The van der Waals surface area contributed by atoms with E-state index in [2.05, 4.69) is 21.2 Å². The molecule has 0 saturated carbocycles. The lowest BCUT2D eigenvalue weighted by Crippen LogP contribution is -2.46. The Bertz CT molecular complexity index is 381. The minimum atomic E-state index is -0.0857. The number of piperidine rings is 1. The molecule has 2 atom stereocenters. The van der Waals surface area contributed by atoms with Gasteiger partial charge in [0.05, 0.1) is 0 Å². The molecular formula is C11H13BrN2O. The number of nitrogens with two attached hydrogens (primary N) is 1. The Balaban J connectivity index is 2.24. The largest absolute Gasteiger partial charge is 0.355 e. The van der Waals surface area contributed by atoms with E-state index >= 15 is 0 Å². The van der Waals surface area contributed by atoms with Crippen LogP contribution in [0.2, 0.25) is 0 Å². The molecule has 3 nitrogen and oxygen atoms in total. The number of carbonyl (C=O) groups excluding carboxylic acids is 1. The highest BCUT2D eigenvalue weighted by Gasteiger charge is 2.28. The summed E-state index contributed by atoms with van der Waals surface area (Å²) >= 11 is 3.51. The second kappa shape index (κ2) is 4.33. The lowest BCUT2D eigenvalue weighted by Gasteiger charge is -2.29. The zero-order valence-electron chi connectivity index (χ0n) is 8.24. The number of amides is 1. The van der Waals surface area contributed by atoms with E-state index in [0.29, 0.717) is 13.0 Å². The molecule has 1 fully saturated rings. The molecule has 0 aromatic heterocycles. The maximum absolute atomic E-state index is 11.1. The van der Waals surface area contributed by atoms with E-state index in [4.69, 9.17) is 5.73 Å². The smallest absolute Gasteiger partial charge is 0.221 e. The maximum Gasteiger partial charge on any atom is 0.221 e. The molecule has 1 aliphatic rings. The Morgan fingerprint density at radius 3 is 2.80 bits per heavy atom. The van der Waals surface area contributed by atoms with Gasteiger partial charge in [0.1, 0.15) is 0 Å². The van der Waals surface area contributed by atoms with Crippen molar-refractivity contribution in [1.82, 2.24) is 5.32 Å². The Kier molecular flexibility index (Phi) is 3.07. The summed E-state index contributed by atoms with van der Waals surface area (Å²) in [5, 5.41) is 2.85. The average molecular weight is 269 g/mol. The van der Waals surface area contributed by atoms with Crippen molar-refractivity contribution in [3.8, 4) is 0 Å². The first kappa shape index (κ1) is 10.6. The van der Waals surface area contributed by atoms with Crippen molar-refractivity contribution in [2.75, 3.05) is 6.54 Å². The van der Waals surface area contributed by atoms with Gasteiger partial charge in [-0.3, -0.25) is 4.79 Å². The van der Waals surface area contributed by atoms with Gasteiger partial charge < -0.3 is 11.1 Å². The van der Waals surface area contributed by atoms with Crippen LogP contribution in [0.4, 0.5) is 0 Å². The van der Waals surface area contributed by atoms with Crippen LogP contribution in [0.15, 0.2) is 28.7 Å². The van der Waals surface area contributed by atoms with Gasteiger partial charge in [0.25, 0.3) is 0 Å². The van der Waals surface area contributed by atoms with Crippen molar-refractivity contribution in [3.05, 3.63) is 34.3 Å². The van der Waals surface area contributed by atoms with Crippen LogP contribution in [0.25, 0.3) is 0 Å². The highest BCUT2D eigenvalue weighted by Crippen LogP contribution is 2.28. The van der Waals surface area contributed by atoms with E-state index in [-0.39, 0.29) is 17.9 Å². The molecule has 1 aliphatic heterocycles. The molecular weight excluding hydrogens is 256 g/mol. The van der Waals surface area contributed by atoms with Crippen LogP contribution in [0, 0.1) is 0 Å². The van der Waals surface area contributed by atoms with Crippen LogP contribution in [0.5, 0.6) is 0 Å². The topological polar surface area (TPSA) is 55.1 Å². The molecule has 2 unspecified atom stereocenters. The van der Waals surface area contributed by atoms with E-state index in [1.54, 1.807) is 0 Å². The fraction of sp³-hybridized carbons (Fsp3) is 0.364. The SMILES string of the molecule is NC1CC(=O)NCC1c1ccccc1Br. The van der Waals surface area contributed by atoms with Crippen LogP contribution < -0.4 is 11.1 Å². The van der Waals surface area contributed by atoms with Gasteiger partial charge >= 0.3 is 0 Å². The number of rotatable bonds is 1. The third-order valence-corrected chi connectivity index (χ3v) is 3.48. The molecule has 0 bridgehead atoms. The summed E-state index contributed by atoms with van der Waals surface area (Å²) in [5.41, 5.74) is 7.16. The average Bonchev–Trinajstić information content (AvgIpc) is 2.20. The van der Waals surface area contributed by atoms with E-state index in [1.807, 2.05) is 24.3 Å². The second-order valence-electron chi connectivity index (χ2n) is 3.80. The number of hydrogen-bond donors (Lipinski definition) is 2. The summed E-state index contributed by atoms with van der Waals surface area (Å²) in [4.78, 5) is 11.1. The monoisotopic (exact) mass is 268 g/mol. The van der Waals surface area contributed by atoms with Gasteiger partial charge in [0.2, 0.25) is 5.91 Å². The van der Waals surface area contributed by atoms with Crippen LogP contribution in [0.3, 0.4) is 0 Å². The van der Waals surface area contributed by atoms with Crippen molar-refractivity contribution in [2.45, 2.75) is 18.4 Å². The molecule has 1 aromatic rings. The van der Waals surface area contributed by atoms with Crippen molar-refractivity contribution in [2.24, 2.45) is 5.73 Å². The maximum atomic E-state index is 11.1. The molecule has 0 radical (unpaired) electrons. The highest BCUT2D eigenvalue weighted by molar-refractivity contribution is 9.10. The van der Waals surface area contributed by atoms with Crippen molar-refractivity contribution in [1.29, 1.82) is 0 Å². The summed E-state index contributed by atoms with van der Waals surface area (Å²) in [7, 11) is 0. The van der Waals surface area contributed by atoms with Gasteiger partial charge in [-0.1, -0.05) is 34.1 Å². The van der Waals surface area contributed by atoms with Gasteiger partial charge in [-0.15, -0.1) is 0 Å². The van der Waals surface area contributed by atoms with Crippen LogP contribution in [0.1, 0.15) is 17.9 Å². The Hall–Kier alpha value is -0.870. The number of nitrogens with one attached hydrogen (secondary N) is 1. The van der Waals surface area contributed by atoms with Gasteiger partial charge in [-0.2, -0.15) is 0 Å². The van der Waals surface area contributed by atoms with Crippen LogP contribution in [-0.2, 0) is 4.79 Å². The minimum Gasteiger partial charge on any atom is -0.355 e. The zero-order chi connectivity index (χ0) is 10.8. The summed E-state index contributed by atoms with van der Waals surface area (Å²) in [6.45, 7) is 0.628. The van der Waals surface area contributed by atoms with E-state index in [0.717, 1.165) is 4.47 Å². The number of benzene rings is 1. The molecule has 4 heteroatoms. The quantitative estimate of drug-likeness (QED) is 0.809. The molecule has 0 spiro atoms. The van der Waals surface area contributed by atoms with Gasteiger partial charge in [0, 0.05) is 29.4 Å². The summed E-state index contributed by atoms with van der Waals surface area (Å²) in [6, 6.07) is 7.92. The van der Waals surface area contributed by atoms with Crippen LogP contribution >= 0.6 is 15.9 Å². The number of carbonyl (C=O) groups is 1.